The summed E-state index contributed by atoms with van der Waals surface area (Å²) >= 11 is 1.70. The number of thiazole rings is 1. The van der Waals surface area contributed by atoms with E-state index in [2.05, 4.69) is 27.3 Å². The molecule has 3 aromatic heterocycles. The highest BCUT2D eigenvalue weighted by Gasteiger charge is 2.18. The van der Waals surface area contributed by atoms with Crippen molar-refractivity contribution in [2.75, 3.05) is 0 Å². The van der Waals surface area contributed by atoms with Gasteiger partial charge in [0.15, 0.2) is 0 Å². The molecule has 0 aliphatic rings. The van der Waals surface area contributed by atoms with Crippen molar-refractivity contribution in [3.05, 3.63) is 40.1 Å². The monoisotopic (exact) mass is 354 g/mol. The predicted octanol–water partition coefficient (Wildman–Crippen LogP) is 5.52. The van der Waals surface area contributed by atoms with Crippen LogP contribution in [0.15, 0.2) is 16.7 Å². The van der Waals surface area contributed by atoms with Gasteiger partial charge < -0.3 is 9.51 Å². The Labute approximate surface area is 151 Å². The van der Waals surface area contributed by atoms with Crippen molar-refractivity contribution in [1.82, 2.24) is 20.1 Å². The summed E-state index contributed by atoms with van der Waals surface area (Å²) in [5, 5.41) is 5.15. The molecule has 25 heavy (non-hydrogen) atoms. The van der Waals surface area contributed by atoms with Crippen LogP contribution in [0.2, 0.25) is 0 Å². The summed E-state index contributed by atoms with van der Waals surface area (Å²) in [5.74, 6) is 1.73. The Hall–Kier alpha value is -2.47. The first-order valence-electron chi connectivity index (χ1n) is 7.82. The van der Waals surface area contributed by atoms with E-state index in [1.54, 1.807) is 11.3 Å². The SMILES string of the molecule is C.Cc1nc2c(-c3sc(C)nc3C)cc(-c3c(C)noc3C)cc2[nH]1. The summed E-state index contributed by atoms with van der Waals surface area (Å²) in [5.41, 5.74) is 7.17. The highest BCUT2D eigenvalue weighted by molar-refractivity contribution is 7.15. The zero-order valence-electron chi connectivity index (χ0n) is 14.3. The molecule has 4 rings (SSSR count). The standard InChI is InChI=1S/C18H18N4OS.CH4/c1-8-16(10(3)23-22-8)13-6-14(18-9(2)19-12(5)24-18)17-15(7-13)20-11(4)21-17;/h6-7H,1-5H3,(H,20,21);1H4. The van der Waals surface area contributed by atoms with Crippen LogP contribution in [-0.2, 0) is 0 Å². The molecule has 130 valence electrons. The number of nitrogens with one attached hydrogen (secondary N) is 1. The van der Waals surface area contributed by atoms with Crippen LogP contribution in [-0.4, -0.2) is 20.1 Å². The predicted molar refractivity (Wildman–Crippen MR) is 103 cm³/mol. The van der Waals surface area contributed by atoms with Gasteiger partial charge in [0.2, 0.25) is 0 Å². The Morgan fingerprint density at radius 3 is 2.36 bits per heavy atom. The summed E-state index contributed by atoms with van der Waals surface area (Å²) < 4.78 is 5.35. The summed E-state index contributed by atoms with van der Waals surface area (Å²) in [6.07, 6.45) is 0. The van der Waals surface area contributed by atoms with Gasteiger partial charge in [-0.3, -0.25) is 0 Å². The minimum atomic E-state index is 0. The molecule has 0 bridgehead atoms. The number of aromatic amines is 1. The van der Waals surface area contributed by atoms with Crippen molar-refractivity contribution in [2.24, 2.45) is 0 Å². The van der Waals surface area contributed by atoms with Gasteiger partial charge in [-0.1, -0.05) is 12.6 Å². The molecule has 0 saturated carbocycles. The zero-order chi connectivity index (χ0) is 17.0. The highest BCUT2D eigenvalue weighted by Crippen LogP contribution is 2.38. The number of imidazole rings is 1. The van der Waals surface area contributed by atoms with Gasteiger partial charge in [0.05, 0.1) is 32.3 Å². The fraction of sp³-hybridized carbons (Fsp3) is 0.316. The van der Waals surface area contributed by atoms with Crippen LogP contribution in [0.5, 0.6) is 0 Å². The first-order valence-corrected chi connectivity index (χ1v) is 8.63. The largest absolute Gasteiger partial charge is 0.361 e. The van der Waals surface area contributed by atoms with Gasteiger partial charge in [0.1, 0.15) is 11.6 Å². The van der Waals surface area contributed by atoms with Gasteiger partial charge in [0.25, 0.3) is 0 Å². The third-order valence-electron chi connectivity index (χ3n) is 4.18. The summed E-state index contributed by atoms with van der Waals surface area (Å²) in [6.45, 7) is 9.97. The van der Waals surface area contributed by atoms with E-state index < -0.39 is 0 Å². The molecule has 4 aromatic rings. The second-order valence-corrected chi connectivity index (χ2v) is 7.29. The molecular weight excluding hydrogens is 332 g/mol. The van der Waals surface area contributed by atoms with Crippen LogP contribution in [0.4, 0.5) is 0 Å². The molecular formula is C19H22N4OS. The Morgan fingerprint density at radius 1 is 1.00 bits per heavy atom. The maximum atomic E-state index is 5.35. The molecule has 0 spiro atoms. The first kappa shape index (κ1) is 17.4. The van der Waals surface area contributed by atoms with Crippen molar-refractivity contribution in [1.29, 1.82) is 0 Å². The fourth-order valence-corrected chi connectivity index (χ4v) is 4.17. The Kier molecular flexibility index (Phi) is 4.24. The number of fused-ring (bicyclic) bond motifs is 1. The number of aromatic nitrogens is 4. The van der Waals surface area contributed by atoms with Crippen molar-refractivity contribution in [2.45, 2.75) is 42.0 Å². The number of benzene rings is 1. The van der Waals surface area contributed by atoms with Crippen molar-refractivity contribution in [3.8, 4) is 21.6 Å². The second-order valence-electron chi connectivity index (χ2n) is 6.09. The van der Waals surface area contributed by atoms with E-state index in [4.69, 9.17) is 9.51 Å². The smallest absolute Gasteiger partial charge is 0.141 e. The van der Waals surface area contributed by atoms with Gasteiger partial charge in [-0.15, -0.1) is 11.3 Å². The lowest BCUT2D eigenvalue weighted by Gasteiger charge is -2.06. The van der Waals surface area contributed by atoms with E-state index >= 15 is 0 Å². The lowest BCUT2D eigenvalue weighted by atomic mass is 9.99. The minimum absolute atomic E-state index is 0. The lowest BCUT2D eigenvalue weighted by Crippen LogP contribution is -1.87. The molecule has 6 heteroatoms. The third kappa shape index (κ3) is 2.76. The van der Waals surface area contributed by atoms with Crippen LogP contribution in [0.25, 0.3) is 32.6 Å². The van der Waals surface area contributed by atoms with E-state index in [1.165, 1.54) is 0 Å². The summed E-state index contributed by atoms with van der Waals surface area (Å²) in [7, 11) is 0. The molecule has 0 aliphatic carbocycles. The van der Waals surface area contributed by atoms with Crippen LogP contribution in [0.1, 0.15) is 35.4 Å². The molecule has 3 heterocycles. The average Bonchev–Trinajstić information content (AvgIpc) is 3.15. The molecule has 0 saturated heterocycles. The maximum absolute atomic E-state index is 5.35. The number of nitrogens with zero attached hydrogens (tertiary/aromatic N) is 3. The summed E-state index contributed by atoms with van der Waals surface area (Å²) in [4.78, 5) is 13.8. The molecule has 0 aliphatic heterocycles. The average molecular weight is 354 g/mol. The first-order chi connectivity index (χ1) is 11.4. The van der Waals surface area contributed by atoms with E-state index in [9.17, 15) is 0 Å². The van der Waals surface area contributed by atoms with E-state index in [0.717, 1.165) is 60.6 Å². The van der Waals surface area contributed by atoms with Crippen LogP contribution in [0, 0.1) is 34.6 Å². The third-order valence-corrected chi connectivity index (χ3v) is 5.28. The number of hydrogen-bond acceptors (Lipinski definition) is 5. The lowest BCUT2D eigenvalue weighted by molar-refractivity contribution is 0.393. The highest BCUT2D eigenvalue weighted by atomic mass is 32.1. The van der Waals surface area contributed by atoms with Gasteiger partial charge >= 0.3 is 0 Å². The number of aryl methyl sites for hydroxylation is 5. The Morgan fingerprint density at radius 2 is 1.76 bits per heavy atom. The summed E-state index contributed by atoms with van der Waals surface area (Å²) in [6, 6.07) is 4.30. The molecule has 0 atom stereocenters. The van der Waals surface area contributed by atoms with E-state index in [0.29, 0.717) is 0 Å². The Balaban J connectivity index is 0.00000182. The number of H-pyrrole nitrogens is 1. The van der Waals surface area contributed by atoms with Crippen molar-refractivity contribution >= 4 is 22.4 Å². The van der Waals surface area contributed by atoms with Crippen molar-refractivity contribution in [3.63, 3.8) is 0 Å². The quantitative estimate of drug-likeness (QED) is 0.514. The van der Waals surface area contributed by atoms with Gasteiger partial charge in [-0.05, 0) is 52.3 Å². The second kappa shape index (κ2) is 6.11. The molecule has 5 nitrogen and oxygen atoms in total. The van der Waals surface area contributed by atoms with Crippen LogP contribution < -0.4 is 0 Å². The van der Waals surface area contributed by atoms with Gasteiger partial charge in [-0.25, -0.2) is 9.97 Å². The Bertz CT molecular complexity index is 1050. The van der Waals surface area contributed by atoms with Gasteiger partial charge in [-0.2, -0.15) is 0 Å². The van der Waals surface area contributed by atoms with E-state index in [1.807, 2.05) is 34.6 Å². The fourth-order valence-electron chi connectivity index (χ4n) is 3.23. The molecule has 0 fully saturated rings. The van der Waals surface area contributed by atoms with Crippen molar-refractivity contribution < 1.29 is 4.52 Å². The number of hydrogen-bond donors (Lipinski definition) is 1. The normalized spacial score (nSPS) is 11.1. The molecule has 0 unspecified atom stereocenters. The minimum Gasteiger partial charge on any atom is -0.361 e. The molecule has 1 N–H and O–H groups in total. The van der Waals surface area contributed by atoms with Crippen LogP contribution in [0.3, 0.4) is 0 Å². The maximum Gasteiger partial charge on any atom is 0.141 e. The van der Waals surface area contributed by atoms with Gasteiger partial charge in [0, 0.05) is 11.1 Å². The van der Waals surface area contributed by atoms with E-state index in [-0.39, 0.29) is 7.43 Å². The molecule has 1 aromatic carbocycles. The topological polar surface area (TPSA) is 67.6 Å². The number of rotatable bonds is 2. The zero-order valence-corrected chi connectivity index (χ0v) is 15.1. The molecule has 0 radical (unpaired) electrons. The molecule has 0 amide bonds. The van der Waals surface area contributed by atoms with Crippen LogP contribution >= 0.6 is 11.3 Å².